The van der Waals surface area contributed by atoms with E-state index >= 15 is 0 Å². The highest BCUT2D eigenvalue weighted by molar-refractivity contribution is 6.26. The molecule has 8 heteroatoms. The Kier molecular flexibility index (Phi) is 2.77. The lowest BCUT2D eigenvalue weighted by atomic mass is 10.1. The van der Waals surface area contributed by atoms with Gasteiger partial charge in [-0.05, 0) is 48.5 Å². The van der Waals surface area contributed by atoms with Crippen LogP contribution in [0.15, 0.2) is 73.3 Å². The average Bonchev–Trinajstić information content (AvgIpc) is 3.74. The van der Waals surface area contributed by atoms with Crippen molar-refractivity contribution < 1.29 is 9.15 Å². The van der Waals surface area contributed by atoms with Crippen molar-refractivity contribution in [2.75, 3.05) is 0 Å². The highest BCUT2D eigenvalue weighted by atomic mass is 15.6. The van der Waals surface area contributed by atoms with E-state index in [4.69, 9.17) is 19.9 Å². The molecule has 1 spiro atoms. The number of nitrogens with zero attached hydrogens (tertiary/aromatic N) is 8. The Hall–Kier alpha value is -5.76. The quantitative estimate of drug-likeness (QED) is 0.287. The van der Waals surface area contributed by atoms with E-state index in [0.717, 1.165) is 89.2 Å². The molecule has 6 aromatic rings. The van der Waals surface area contributed by atoms with Gasteiger partial charge in [-0.1, -0.05) is 9.15 Å². The highest BCUT2D eigenvalue weighted by Gasteiger charge is 2.73. The molecule has 0 amide bonds. The molecule has 0 aliphatic carbocycles. The molecule has 6 aromatic heterocycles. The van der Waals surface area contributed by atoms with Gasteiger partial charge in [0.2, 0.25) is 22.8 Å². The van der Waals surface area contributed by atoms with Crippen LogP contribution in [0, 0.1) is 0 Å². The van der Waals surface area contributed by atoms with E-state index < -0.39 is 5.91 Å². The molecular formula is C33H16N8+2. The molecule has 8 nitrogen and oxygen atoms in total. The molecule has 1 atom stereocenters. The van der Waals surface area contributed by atoms with Gasteiger partial charge < -0.3 is 0 Å². The van der Waals surface area contributed by atoms with E-state index in [1.807, 2.05) is 49.1 Å². The van der Waals surface area contributed by atoms with Crippen LogP contribution in [0.2, 0.25) is 0 Å². The van der Waals surface area contributed by atoms with E-state index in [9.17, 15) is 0 Å². The molecule has 0 N–H and O–H groups in total. The molecule has 0 bridgehead atoms. The van der Waals surface area contributed by atoms with Crippen molar-refractivity contribution in [3.63, 3.8) is 0 Å². The van der Waals surface area contributed by atoms with Crippen LogP contribution in [0.5, 0.6) is 0 Å². The number of hydrogen-bond donors (Lipinski definition) is 0. The molecule has 0 radical (unpaired) electrons. The molecular weight excluding hydrogens is 508 g/mol. The van der Waals surface area contributed by atoms with Crippen molar-refractivity contribution in [1.29, 1.82) is 0 Å². The van der Waals surface area contributed by atoms with E-state index in [0.29, 0.717) is 0 Å². The standard InChI is InChI=1S/C33H16N8/c1-5-17-21-13-26-30-19(7-3-10-35-30)23-15-28-32-20(8-4-12-37-32)24-16-27-31-18(6-2-11-36-31)22-14-25(29(17)34-9-1)38(21)33(39(23)26,40(22)27)41(24)28/h1-16H/q+2. The largest absolute Gasteiger partial charge is 0.554 e. The van der Waals surface area contributed by atoms with Crippen molar-refractivity contribution in [2.45, 2.75) is 5.91 Å². The fraction of sp³-hybridized carbons (Fsp3) is 0.0303. The Morgan fingerprint density at radius 2 is 1.22 bits per heavy atom. The molecule has 1 unspecified atom stereocenters. The van der Waals surface area contributed by atoms with Gasteiger partial charge in [-0.15, -0.1) is 0 Å². The second-order valence-electron chi connectivity index (χ2n) is 11.2. The van der Waals surface area contributed by atoms with Gasteiger partial charge in [0.15, 0.2) is 0 Å². The number of aromatic nitrogens is 6. The zero-order valence-electron chi connectivity index (χ0n) is 21.3. The predicted molar refractivity (Wildman–Crippen MR) is 154 cm³/mol. The monoisotopic (exact) mass is 524 g/mol. The lowest BCUT2D eigenvalue weighted by Crippen LogP contribution is -2.69. The predicted octanol–water partition coefficient (Wildman–Crippen LogP) is 2.53. The average molecular weight is 525 g/mol. The van der Waals surface area contributed by atoms with Gasteiger partial charge in [0.05, 0.1) is 44.2 Å². The first-order chi connectivity index (χ1) is 20.4. The Morgan fingerprint density at radius 3 is 2.12 bits per heavy atom. The number of pyridine rings is 4. The van der Waals surface area contributed by atoms with Crippen molar-refractivity contribution in [3.05, 3.63) is 118 Å². The SMILES string of the molecule is C1=C2c3cccnc3C3=[N+]2C24n5c(c6cccnc6c51)C=C1c5ncccc5C(=[N+]12)C=c1c2ncccc2c(n14)=C3. The molecule has 186 valence electrons. The summed E-state index contributed by atoms with van der Waals surface area (Å²) in [6, 6.07) is 16.9. The second kappa shape index (κ2) is 5.88. The van der Waals surface area contributed by atoms with Gasteiger partial charge in [0.1, 0.15) is 11.4 Å². The van der Waals surface area contributed by atoms with Crippen molar-refractivity contribution in [2.24, 2.45) is 0 Å². The van der Waals surface area contributed by atoms with Gasteiger partial charge in [-0.25, -0.2) is 9.97 Å². The second-order valence-corrected chi connectivity index (χ2v) is 11.2. The normalized spacial score (nSPS) is 20.8. The van der Waals surface area contributed by atoms with Gasteiger partial charge in [0, 0.05) is 59.9 Å². The van der Waals surface area contributed by atoms with Crippen LogP contribution in [0.3, 0.4) is 0 Å². The van der Waals surface area contributed by atoms with Crippen LogP contribution >= 0.6 is 0 Å². The summed E-state index contributed by atoms with van der Waals surface area (Å²) in [5, 5.41) is 4.46. The number of hydrogen-bond acceptors (Lipinski definition) is 4. The van der Waals surface area contributed by atoms with Crippen LogP contribution in [-0.4, -0.2) is 49.6 Å². The minimum Gasteiger partial charge on any atom is -0.254 e. The van der Waals surface area contributed by atoms with Crippen LogP contribution in [0.4, 0.5) is 0 Å². The molecule has 0 fully saturated rings. The van der Waals surface area contributed by atoms with E-state index in [-0.39, 0.29) is 0 Å². The van der Waals surface area contributed by atoms with Gasteiger partial charge in [-0.3, -0.25) is 9.97 Å². The lowest BCUT2D eigenvalue weighted by molar-refractivity contribution is -0.805. The van der Waals surface area contributed by atoms with Crippen molar-refractivity contribution in [1.82, 2.24) is 29.1 Å². The number of rotatable bonds is 0. The van der Waals surface area contributed by atoms with Gasteiger partial charge >= 0.3 is 5.91 Å². The summed E-state index contributed by atoms with van der Waals surface area (Å²) in [4.78, 5) is 19.8. The first kappa shape index (κ1) is 19.3. The summed E-state index contributed by atoms with van der Waals surface area (Å²) in [7, 11) is 0. The molecule has 6 aliphatic heterocycles. The fourth-order valence-corrected chi connectivity index (χ4v) is 8.20. The van der Waals surface area contributed by atoms with Crippen LogP contribution in [-0.2, 0) is 5.91 Å². The minimum absolute atomic E-state index is 0.833. The first-order valence-corrected chi connectivity index (χ1v) is 13.7. The summed E-state index contributed by atoms with van der Waals surface area (Å²) in [6.07, 6.45) is 16.8. The lowest BCUT2D eigenvalue weighted by Gasteiger charge is -2.37. The van der Waals surface area contributed by atoms with E-state index in [1.54, 1.807) is 0 Å². The Labute approximate surface area is 230 Å². The van der Waals surface area contributed by atoms with Gasteiger partial charge in [0.25, 0.3) is 0 Å². The fourth-order valence-electron chi connectivity index (χ4n) is 8.20. The summed E-state index contributed by atoms with van der Waals surface area (Å²) in [5.74, 6) is -0.833. The summed E-state index contributed by atoms with van der Waals surface area (Å²) < 4.78 is 9.95. The smallest absolute Gasteiger partial charge is 0.254 e. The maximum absolute atomic E-state index is 4.95. The third-order valence-electron chi connectivity index (χ3n) is 9.53. The van der Waals surface area contributed by atoms with Crippen LogP contribution < -0.4 is 10.7 Å². The minimum atomic E-state index is -0.833. The first-order valence-electron chi connectivity index (χ1n) is 13.7. The molecule has 0 saturated carbocycles. The number of fused-ring (bicyclic) bond motifs is 12. The molecule has 0 aromatic carbocycles. The Bertz CT molecular complexity index is 2470. The summed E-state index contributed by atoms with van der Waals surface area (Å²) >= 11 is 0. The molecule has 12 rings (SSSR count). The topological polar surface area (TPSA) is 67.4 Å². The van der Waals surface area contributed by atoms with E-state index in [1.165, 1.54) is 0 Å². The van der Waals surface area contributed by atoms with E-state index in [2.05, 4.69) is 66.9 Å². The summed E-state index contributed by atoms with van der Waals surface area (Å²) in [5.41, 5.74) is 12.8. The van der Waals surface area contributed by atoms with Crippen molar-refractivity contribution >= 4 is 68.9 Å². The molecule has 0 saturated heterocycles. The third kappa shape index (κ3) is 1.76. The Morgan fingerprint density at radius 1 is 0.537 bits per heavy atom. The summed E-state index contributed by atoms with van der Waals surface area (Å²) in [6.45, 7) is 0. The third-order valence-corrected chi connectivity index (χ3v) is 9.53. The molecule has 6 aliphatic rings. The highest BCUT2D eigenvalue weighted by Crippen LogP contribution is 2.52. The van der Waals surface area contributed by atoms with Crippen molar-refractivity contribution in [3.8, 4) is 0 Å². The zero-order chi connectivity index (χ0) is 26.2. The maximum atomic E-state index is 4.95. The van der Waals surface area contributed by atoms with Crippen LogP contribution in [0.1, 0.15) is 33.9 Å². The maximum Gasteiger partial charge on any atom is 0.554 e. The molecule has 12 heterocycles. The zero-order valence-corrected chi connectivity index (χ0v) is 21.3. The van der Waals surface area contributed by atoms with Gasteiger partial charge in [-0.2, -0.15) is 9.13 Å². The van der Waals surface area contributed by atoms with Crippen LogP contribution in [0.25, 0.3) is 57.5 Å². The molecule has 41 heavy (non-hydrogen) atoms. The Balaban J connectivity index is 1.45.